The van der Waals surface area contributed by atoms with Crippen LogP contribution in [0.3, 0.4) is 0 Å². The van der Waals surface area contributed by atoms with Crippen LogP contribution in [0.5, 0.6) is 5.75 Å². The van der Waals surface area contributed by atoms with E-state index in [-0.39, 0.29) is 0 Å². The number of halogens is 3. The molecule has 0 spiro atoms. The first-order chi connectivity index (χ1) is 7.77. The van der Waals surface area contributed by atoms with Crippen molar-refractivity contribution in [1.29, 1.82) is 0 Å². The van der Waals surface area contributed by atoms with Crippen molar-refractivity contribution in [3.05, 3.63) is 29.8 Å². The highest BCUT2D eigenvalue weighted by Gasteiger charge is 2.38. The van der Waals surface area contributed by atoms with Crippen molar-refractivity contribution in [1.82, 2.24) is 0 Å². The van der Waals surface area contributed by atoms with E-state index in [4.69, 9.17) is 20.7 Å². The van der Waals surface area contributed by atoms with Gasteiger partial charge in [-0.3, -0.25) is 0 Å². The molecule has 0 unspecified atom stereocenters. The lowest BCUT2D eigenvalue weighted by Gasteiger charge is -1.96. The van der Waals surface area contributed by atoms with Crippen LogP contribution in [0.25, 0.3) is 0 Å². The van der Waals surface area contributed by atoms with Crippen LogP contribution < -0.4 is 5.73 Å². The van der Waals surface area contributed by atoms with Crippen LogP contribution >= 0.6 is 0 Å². The quantitative estimate of drug-likeness (QED) is 0.744. The minimum Gasteiger partial charge on any atom is -0.508 e. The fourth-order valence-corrected chi connectivity index (χ4v) is 0.829. The van der Waals surface area contributed by atoms with Gasteiger partial charge in [0, 0.05) is 0 Å². The van der Waals surface area contributed by atoms with Crippen LogP contribution in [-0.4, -0.2) is 28.9 Å². The summed E-state index contributed by atoms with van der Waals surface area (Å²) < 4.78 is 31.7. The van der Waals surface area contributed by atoms with Crippen molar-refractivity contribution in [2.75, 3.05) is 6.54 Å². The molecule has 7 heteroatoms. The minimum atomic E-state index is -5.08. The van der Waals surface area contributed by atoms with Gasteiger partial charge in [0.1, 0.15) is 5.75 Å². The smallest absolute Gasteiger partial charge is 0.490 e. The highest BCUT2D eigenvalue weighted by molar-refractivity contribution is 5.73. The molecule has 1 rings (SSSR count). The fourth-order valence-electron chi connectivity index (χ4n) is 0.829. The third kappa shape index (κ3) is 7.18. The molecule has 1 aromatic carbocycles. The molecule has 4 N–H and O–H groups in total. The van der Waals surface area contributed by atoms with E-state index in [1.807, 2.05) is 12.1 Å². The van der Waals surface area contributed by atoms with Crippen molar-refractivity contribution in [3.8, 4) is 5.75 Å². The Bertz CT molecular complexity index is 349. The first-order valence-corrected chi connectivity index (χ1v) is 4.55. The molecule has 17 heavy (non-hydrogen) atoms. The van der Waals surface area contributed by atoms with Gasteiger partial charge in [0.15, 0.2) is 0 Å². The zero-order valence-corrected chi connectivity index (χ0v) is 8.74. The normalized spacial score (nSPS) is 10.4. The molecular weight excluding hydrogens is 239 g/mol. The van der Waals surface area contributed by atoms with Gasteiger partial charge in [0.25, 0.3) is 0 Å². The number of aliphatic carboxylic acids is 1. The zero-order valence-electron chi connectivity index (χ0n) is 8.74. The molecule has 0 amide bonds. The first-order valence-electron chi connectivity index (χ1n) is 4.55. The molecule has 0 aliphatic heterocycles. The SMILES string of the molecule is NCCc1ccc(O)cc1.O=C(O)C(F)(F)F. The van der Waals surface area contributed by atoms with Gasteiger partial charge in [0.05, 0.1) is 0 Å². The summed E-state index contributed by atoms with van der Waals surface area (Å²) in [5, 5.41) is 16.0. The number of hydrogen-bond acceptors (Lipinski definition) is 3. The summed E-state index contributed by atoms with van der Waals surface area (Å²) in [5.74, 6) is -2.45. The van der Waals surface area contributed by atoms with Crippen molar-refractivity contribution < 1.29 is 28.2 Å². The Hall–Kier alpha value is -1.76. The Balaban J connectivity index is 0.000000325. The van der Waals surface area contributed by atoms with Crippen LogP contribution in [0, 0.1) is 0 Å². The molecule has 0 radical (unpaired) electrons. The first kappa shape index (κ1) is 15.2. The van der Waals surface area contributed by atoms with Gasteiger partial charge in [-0.2, -0.15) is 13.2 Å². The minimum absolute atomic E-state index is 0.306. The number of carbonyl (C=O) groups is 1. The molecular formula is C10H12F3NO3. The lowest BCUT2D eigenvalue weighted by Crippen LogP contribution is -2.21. The number of carboxylic acids is 1. The van der Waals surface area contributed by atoms with Crippen molar-refractivity contribution in [2.24, 2.45) is 5.73 Å². The molecule has 0 aromatic heterocycles. The summed E-state index contributed by atoms with van der Waals surface area (Å²) in [6.45, 7) is 0.658. The van der Waals surface area contributed by atoms with E-state index in [2.05, 4.69) is 0 Å². The Morgan fingerprint density at radius 3 is 1.94 bits per heavy atom. The van der Waals surface area contributed by atoms with Gasteiger partial charge in [-0.25, -0.2) is 4.79 Å². The molecule has 0 heterocycles. The van der Waals surface area contributed by atoms with Gasteiger partial charge in [-0.1, -0.05) is 12.1 Å². The van der Waals surface area contributed by atoms with Crippen molar-refractivity contribution in [3.63, 3.8) is 0 Å². The van der Waals surface area contributed by atoms with E-state index >= 15 is 0 Å². The predicted octanol–water partition coefficient (Wildman–Crippen LogP) is 1.53. The summed E-state index contributed by atoms with van der Waals surface area (Å²) >= 11 is 0. The van der Waals surface area contributed by atoms with E-state index in [1.165, 1.54) is 5.56 Å². The van der Waals surface area contributed by atoms with Crippen LogP contribution in [0.15, 0.2) is 24.3 Å². The molecule has 0 saturated carbocycles. The molecule has 0 aliphatic rings. The van der Waals surface area contributed by atoms with E-state index in [9.17, 15) is 13.2 Å². The highest BCUT2D eigenvalue weighted by atomic mass is 19.4. The second-order valence-electron chi connectivity index (χ2n) is 3.01. The number of phenolic OH excluding ortho intramolecular Hbond substituents is 1. The Morgan fingerprint density at radius 2 is 1.65 bits per heavy atom. The lowest BCUT2D eigenvalue weighted by atomic mass is 10.1. The van der Waals surface area contributed by atoms with E-state index < -0.39 is 12.1 Å². The summed E-state index contributed by atoms with van der Waals surface area (Å²) in [5.41, 5.74) is 6.50. The number of phenols is 1. The largest absolute Gasteiger partial charge is 0.508 e. The molecule has 96 valence electrons. The summed E-state index contributed by atoms with van der Waals surface area (Å²) in [7, 11) is 0. The molecule has 0 aliphatic carbocycles. The number of hydrogen-bond donors (Lipinski definition) is 3. The lowest BCUT2D eigenvalue weighted by molar-refractivity contribution is -0.192. The number of aromatic hydroxyl groups is 1. The predicted molar refractivity (Wildman–Crippen MR) is 54.6 cm³/mol. The maximum Gasteiger partial charge on any atom is 0.490 e. The Kier molecular flexibility index (Phi) is 6.05. The van der Waals surface area contributed by atoms with E-state index in [1.54, 1.807) is 12.1 Å². The number of nitrogens with two attached hydrogens (primary N) is 1. The topological polar surface area (TPSA) is 83.5 Å². The standard InChI is InChI=1S/C8H11NO.C2HF3O2/c9-6-5-7-1-3-8(10)4-2-7;3-2(4,5)1(6)7/h1-4,10H,5-6,9H2;(H,6,7). The number of alkyl halides is 3. The van der Waals surface area contributed by atoms with Crippen molar-refractivity contribution in [2.45, 2.75) is 12.6 Å². The van der Waals surface area contributed by atoms with Crippen LogP contribution in [0.4, 0.5) is 13.2 Å². The van der Waals surface area contributed by atoms with E-state index in [0.29, 0.717) is 12.3 Å². The second-order valence-corrected chi connectivity index (χ2v) is 3.01. The maximum atomic E-state index is 10.6. The average molecular weight is 251 g/mol. The molecule has 0 bridgehead atoms. The van der Waals surface area contributed by atoms with Crippen molar-refractivity contribution >= 4 is 5.97 Å². The molecule has 0 atom stereocenters. The van der Waals surface area contributed by atoms with Gasteiger partial charge in [-0.15, -0.1) is 0 Å². The molecule has 0 saturated heterocycles. The van der Waals surface area contributed by atoms with Gasteiger partial charge >= 0.3 is 12.1 Å². The number of rotatable bonds is 2. The zero-order chi connectivity index (χ0) is 13.5. The fraction of sp³-hybridized carbons (Fsp3) is 0.300. The third-order valence-electron chi connectivity index (χ3n) is 1.61. The van der Waals surface area contributed by atoms with Crippen LogP contribution in [-0.2, 0) is 11.2 Å². The Labute approximate surface area is 95.5 Å². The average Bonchev–Trinajstić information content (AvgIpc) is 2.21. The number of benzene rings is 1. The van der Waals surface area contributed by atoms with Crippen LogP contribution in [0.1, 0.15) is 5.56 Å². The summed E-state index contributed by atoms with van der Waals surface area (Å²) in [6, 6.07) is 7.10. The van der Waals surface area contributed by atoms with Crippen LogP contribution in [0.2, 0.25) is 0 Å². The van der Waals surface area contributed by atoms with E-state index in [0.717, 1.165) is 6.42 Å². The maximum absolute atomic E-state index is 10.6. The van der Waals surface area contributed by atoms with Gasteiger partial charge < -0.3 is 15.9 Å². The monoisotopic (exact) mass is 251 g/mol. The second kappa shape index (κ2) is 6.74. The third-order valence-corrected chi connectivity index (χ3v) is 1.61. The van der Waals surface area contributed by atoms with Gasteiger partial charge in [-0.05, 0) is 30.7 Å². The molecule has 1 aromatic rings. The van der Waals surface area contributed by atoms with Gasteiger partial charge in [0.2, 0.25) is 0 Å². The molecule has 4 nitrogen and oxygen atoms in total. The molecule has 0 fully saturated rings. The number of carboxylic acid groups (broad SMARTS) is 1. The Morgan fingerprint density at radius 1 is 1.24 bits per heavy atom. The summed E-state index contributed by atoms with van der Waals surface area (Å²) in [4.78, 5) is 8.90. The summed E-state index contributed by atoms with van der Waals surface area (Å²) in [6.07, 6.45) is -4.21. The highest BCUT2D eigenvalue weighted by Crippen LogP contribution is 2.13.